The molecule has 3 rings (SSSR count). The van der Waals surface area contributed by atoms with Crippen LogP contribution in [-0.2, 0) is 16.1 Å². The fourth-order valence-electron chi connectivity index (χ4n) is 1.68. The molecule has 3 aromatic rings. The van der Waals surface area contributed by atoms with E-state index in [9.17, 15) is 4.79 Å². The van der Waals surface area contributed by atoms with Crippen molar-refractivity contribution in [2.45, 2.75) is 6.61 Å². The smallest absolute Gasteiger partial charge is 0.331 e. The number of carbonyl (C=O) groups is 1. The quantitative estimate of drug-likeness (QED) is 0.451. The maximum absolute atomic E-state index is 11.7. The predicted octanol–water partition coefficient (Wildman–Crippen LogP) is 4.98. The molecule has 3 heterocycles. The molecule has 0 atom stereocenters. The molecule has 0 saturated carbocycles. The lowest BCUT2D eigenvalue weighted by Crippen LogP contribution is -2.00. The minimum Gasteiger partial charge on any atom is -0.456 e. The van der Waals surface area contributed by atoms with Crippen LogP contribution in [0.1, 0.15) is 10.6 Å². The average molecular weight is 396 g/mol. The first-order valence-electron chi connectivity index (χ1n) is 6.30. The van der Waals surface area contributed by atoms with Crippen molar-refractivity contribution >= 4 is 50.6 Å². The molecule has 0 unspecified atom stereocenters. The van der Waals surface area contributed by atoms with Crippen LogP contribution >= 0.6 is 38.6 Å². The van der Waals surface area contributed by atoms with E-state index < -0.39 is 5.97 Å². The Morgan fingerprint density at radius 3 is 3.05 bits per heavy atom. The second kappa shape index (κ2) is 7.04. The maximum Gasteiger partial charge on any atom is 0.331 e. The number of rotatable bonds is 5. The lowest BCUT2D eigenvalue weighted by atomic mass is 10.3. The third-order valence-electron chi connectivity index (χ3n) is 2.66. The summed E-state index contributed by atoms with van der Waals surface area (Å²) in [4.78, 5) is 13.6. The van der Waals surface area contributed by atoms with Crippen molar-refractivity contribution in [2.24, 2.45) is 0 Å². The number of ether oxygens (including phenoxy) is 1. The van der Waals surface area contributed by atoms with Gasteiger partial charge in [-0.15, -0.1) is 22.7 Å². The van der Waals surface area contributed by atoms with Gasteiger partial charge in [-0.25, -0.2) is 4.79 Å². The highest BCUT2D eigenvalue weighted by molar-refractivity contribution is 9.11. The topological polar surface area (TPSA) is 52.3 Å². The van der Waals surface area contributed by atoms with Crippen LogP contribution in [0.3, 0.4) is 0 Å². The van der Waals surface area contributed by atoms with Gasteiger partial charge in [-0.3, -0.25) is 0 Å². The summed E-state index contributed by atoms with van der Waals surface area (Å²) >= 11 is 6.48. The van der Waals surface area contributed by atoms with Gasteiger partial charge >= 0.3 is 5.97 Å². The molecule has 3 aromatic heterocycles. The Hall–Kier alpha value is -1.70. The Morgan fingerprint density at radius 2 is 2.32 bits per heavy atom. The Bertz CT molecular complexity index is 789. The average Bonchev–Trinajstić information content (AvgIpc) is 3.23. The number of carbonyl (C=O) groups excluding carboxylic acids is 1. The van der Waals surface area contributed by atoms with Crippen LogP contribution in [0.15, 0.2) is 50.1 Å². The molecule has 0 bridgehead atoms. The first-order chi connectivity index (χ1) is 10.7. The summed E-state index contributed by atoms with van der Waals surface area (Å²) in [5.41, 5.74) is 0.587. The second-order valence-corrected chi connectivity index (χ2v) is 7.69. The lowest BCUT2D eigenvalue weighted by Gasteiger charge is -1.96. The Labute approximate surface area is 143 Å². The first-order valence-corrected chi connectivity index (χ1v) is 8.79. The van der Waals surface area contributed by atoms with Crippen LogP contribution in [0.5, 0.6) is 0 Å². The number of hydrogen-bond acceptors (Lipinski definition) is 6. The number of thiophene rings is 2. The molecule has 4 nitrogen and oxygen atoms in total. The van der Waals surface area contributed by atoms with Crippen molar-refractivity contribution in [1.82, 2.24) is 5.16 Å². The van der Waals surface area contributed by atoms with Gasteiger partial charge in [0.05, 0.1) is 8.66 Å². The molecule has 0 saturated heterocycles. The molecule has 0 aromatic carbocycles. The van der Waals surface area contributed by atoms with E-state index in [4.69, 9.17) is 9.26 Å². The molecule has 0 N–H and O–H groups in total. The summed E-state index contributed by atoms with van der Waals surface area (Å²) in [6.45, 7) is 0.0895. The van der Waals surface area contributed by atoms with Gasteiger partial charge in [0.25, 0.3) is 0 Å². The van der Waals surface area contributed by atoms with E-state index in [0.29, 0.717) is 11.5 Å². The largest absolute Gasteiger partial charge is 0.456 e. The molecule has 0 spiro atoms. The third kappa shape index (κ3) is 3.94. The van der Waals surface area contributed by atoms with E-state index in [1.807, 2.05) is 29.6 Å². The Morgan fingerprint density at radius 1 is 1.41 bits per heavy atom. The fraction of sp³-hybridized carbons (Fsp3) is 0.0667. The zero-order chi connectivity index (χ0) is 15.4. The Balaban J connectivity index is 1.54. The third-order valence-corrected chi connectivity index (χ3v) is 5.14. The highest BCUT2D eigenvalue weighted by atomic mass is 79.9. The summed E-state index contributed by atoms with van der Waals surface area (Å²) in [6, 6.07) is 9.51. The predicted molar refractivity (Wildman–Crippen MR) is 90.7 cm³/mol. The van der Waals surface area contributed by atoms with Crippen LogP contribution in [0.25, 0.3) is 16.7 Å². The summed E-state index contributed by atoms with van der Waals surface area (Å²) < 4.78 is 11.4. The molecule has 0 radical (unpaired) electrons. The molecule has 7 heteroatoms. The highest BCUT2D eigenvalue weighted by Crippen LogP contribution is 2.25. The molecule has 112 valence electrons. The van der Waals surface area contributed by atoms with E-state index >= 15 is 0 Å². The number of aromatic nitrogens is 1. The van der Waals surface area contributed by atoms with Gasteiger partial charge in [0.1, 0.15) is 12.3 Å². The number of halogens is 1. The van der Waals surface area contributed by atoms with Crippen LogP contribution in [0.2, 0.25) is 0 Å². The van der Waals surface area contributed by atoms with Crippen LogP contribution in [0.4, 0.5) is 0 Å². The number of esters is 1. The minimum absolute atomic E-state index is 0.0895. The zero-order valence-electron chi connectivity index (χ0n) is 11.2. The number of nitrogens with zero attached hydrogens (tertiary/aromatic N) is 1. The minimum atomic E-state index is -0.412. The van der Waals surface area contributed by atoms with Gasteiger partial charge in [0, 0.05) is 17.0 Å². The maximum atomic E-state index is 11.7. The Kier molecular flexibility index (Phi) is 4.87. The molecule has 0 aliphatic rings. The van der Waals surface area contributed by atoms with E-state index in [2.05, 4.69) is 21.1 Å². The van der Waals surface area contributed by atoms with Crippen molar-refractivity contribution in [2.75, 3.05) is 0 Å². The van der Waals surface area contributed by atoms with Crippen molar-refractivity contribution in [1.29, 1.82) is 0 Å². The monoisotopic (exact) mass is 395 g/mol. The summed E-state index contributed by atoms with van der Waals surface area (Å²) in [5.74, 6) is 0.269. The van der Waals surface area contributed by atoms with Crippen molar-refractivity contribution in [3.05, 3.63) is 56.1 Å². The van der Waals surface area contributed by atoms with E-state index in [1.54, 1.807) is 34.8 Å². The molecular formula is C15H10BrNO3S2. The second-order valence-electron chi connectivity index (χ2n) is 4.24. The molecule has 0 amide bonds. The number of hydrogen-bond donors (Lipinski definition) is 0. The van der Waals surface area contributed by atoms with E-state index in [-0.39, 0.29) is 6.61 Å². The molecule has 0 aliphatic carbocycles. The van der Waals surface area contributed by atoms with Gasteiger partial charge in [0.15, 0.2) is 5.76 Å². The van der Waals surface area contributed by atoms with E-state index in [0.717, 1.165) is 13.5 Å². The fourth-order valence-corrected chi connectivity index (χ4v) is 3.68. The normalized spacial score (nSPS) is 11.1. The van der Waals surface area contributed by atoms with Crippen LogP contribution in [-0.4, -0.2) is 11.1 Å². The molecule has 22 heavy (non-hydrogen) atoms. The van der Waals surface area contributed by atoms with Crippen LogP contribution < -0.4 is 0 Å². The van der Waals surface area contributed by atoms with Gasteiger partial charge in [0.2, 0.25) is 0 Å². The SMILES string of the molecule is O=C(C=Cc1ccc(Br)s1)OCc1cc(-c2cccs2)on1. The highest BCUT2D eigenvalue weighted by Gasteiger charge is 2.09. The van der Waals surface area contributed by atoms with Gasteiger partial charge in [-0.2, -0.15) is 0 Å². The molecule has 0 fully saturated rings. The zero-order valence-corrected chi connectivity index (χ0v) is 14.4. The molecule has 0 aliphatic heterocycles. The van der Waals surface area contributed by atoms with Crippen molar-refractivity contribution in [3.8, 4) is 10.6 Å². The van der Waals surface area contributed by atoms with Crippen LogP contribution in [0, 0.1) is 0 Å². The standard InChI is InChI=1S/C15H10BrNO3S2/c16-14-5-3-11(22-14)4-6-15(18)19-9-10-8-12(20-17-10)13-2-1-7-21-13/h1-8H,9H2. The summed E-state index contributed by atoms with van der Waals surface area (Å²) in [7, 11) is 0. The first kappa shape index (κ1) is 15.2. The van der Waals surface area contributed by atoms with E-state index in [1.165, 1.54) is 6.08 Å². The van der Waals surface area contributed by atoms with Crippen molar-refractivity contribution < 1.29 is 14.1 Å². The summed E-state index contributed by atoms with van der Waals surface area (Å²) in [5, 5.41) is 5.86. The molecular weight excluding hydrogens is 386 g/mol. The van der Waals surface area contributed by atoms with Crippen molar-refractivity contribution in [3.63, 3.8) is 0 Å². The van der Waals surface area contributed by atoms with Gasteiger partial charge in [-0.05, 0) is 45.6 Å². The summed E-state index contributed by atoms with van der Waals surface area (Å²) in [6.07, 6.45) is 3.12. The van der Waals surface area contributed by atoms with Gasteiger partial charge < -0.3 is 9.26 Å². The van der Waals surface area contributed by atoms with Gasteiger partial charge in [-0.1, -0.05) is 11.2 Å². The lowest BCUT2D eigenvalue weighted by molar-refractivity contribution is -0.139.